The maximum Gasteiger partial charge on any atom is 0.317 e. The van der Waals surface area contributed by atoms with E-state index in [1.54, 1.807) is 4.90 Å². The molecule has 5 heteroatoms. The van der Waals surface area contributed by atoms with E-state index in [1.807, 2.05) is 27.7 Å². The fourth-order valence-corrected chi connectivity index (χ4v) is 1.71. The average molecular weight is 230 g/mol. The number of morpholine rings is 1. The van der Waals surface area contributed by atoms with Crippen LogP contribution < -0.4 is 5.32 Å². The molecule has 0 bridgehead atoms. The number of rotatable bonds is 1. The summed E-state index contributed by atoms with van der Waals surface area (Å²) in [5, 5.41) is 12.0. The van der Waals surface area contributed by atoms with E-state index in [-0.39, 0.29) is 30.4 Å². The zero-order chi connectivity index (χ0) is 12.3. The van der Waals surface area contributed by atoms with Gasteiger partial charge >= 0.3 is 6.03 Å². The highest BCUT2D eigenvalue weighted by atomic mass is 16.5. The number of nitrogens with one attached hydrogen (secondary N) is 1. The minimum Gasteiger partial charge on any atom is -0.394 e. The molecule has 0 aromatic carbocycles. The molecule has 1 aliphatic rings. The van der Waals surface area contributed by atoms with Crippen molar-refractivity contribution < 1.29 is 14.6 Å². The van der Waals surface area contributed by atoms with Gasteiger partial charge in [0.15, 0.2) is 0 Å². The Morgan fingerprint density at radius 2 is 2.12 bits per heavy atom. The van der Waals surface area contributed by atoms with Gasteiger partial charge in [-0.15, -0.1) is 0 Å². The molecule has 2 unspecified atom stereocenters. The zero-order valence-electron chi connectivity index (χ0n) is 10.5. The van der Waals surface area contributed by atoms with Crippen molar-refractivity contribution in [2.75, 3.05) is 19.7 Å². The van der Waals surface area contributed by atoms with Crippen molar-refractivity contribution in [3.8, 4) is 0 Å². The number of carbonyl (C=O) groups excluding carboxylic acids is 1. The summed E-state index contributed by atoms with van der Waals surface area (Å²) in [5.74, 6) is 0. The third kappa shape index (κ3) is 3.98. The van der Waals surface area contributed by atoms with Crippen LogP contribution in [0.5, 0.6) is 0 Å². The molecule has 1 heterocycles. The Morgan fingerprint density at radius 3 is 2.62 bits per heavy atom. The van der Waals surface area contributed by atoms with Crippen LogP contribution in [0.25, 0.3) is 0 Å². The first-order chi connectivity index (χ1) is 7.31. The summed E-state index contributed by atoms with van der Waals surface area (Å²) in [6.07, 6.45) is -0.300. The van der Waals surface area contributed by atoms with Crippen LogP contribution in [0.15, 0.2) is 0 Å². The van der Waals surface area contributed by atoms with Crippen LogP contribution in [0.3, 0.4) is 0 Å². The largest absolute Gasteiger partial charge is 0.394 e. The second-order valence-electron chi connectivity index (χ2n) is 5.34. The van der Waals surface area contributed by atoms with Crippen LogP contribution >= 0.6 is 0 Å². The summed E-state index contributed by atoms with van der Waals surface area (Å²) in [4.78, 5) is 13.6. The molecule has 0 radical (unpaired) electrons. The smallest absolute Gasteiger partial charge is 0.317 e. The molecule has 2 amide bonds. The number of ether oxygens (including phenoxy) is 1. The molecule has 94 valence electrons. The summed E-state index contributed by atoms with van der Waals surface area (Å²) in [6, 6.07) is -0.0962. The van der Waals surface area contributed by atoms with E-state index >= 15 is 0 Å². The predicted octanol–water partition coefficient (Wildman–Crippen LogP) is 0.576. The van der Waals surface area contributed by atoms with Crippen molar-refractivity contribution in [3.63, 3.8) is 0 Å². The van der Waals surface area contributed by atoms with Gasteiger partial charge in [0.1, 0.15) is 0 Å². The van der Waals surface area contributed by atoms with Gasteiger partial charge in [-0.05, 0) is 27.7 Å². The molecule has 1 saturated heterocycles. The van der Waals surface area contributed by atoms with Crippen LogP contribution in [-0.4, -0.2) is 53.5 Å². The summed E-state index contributed by atoms with van der Waals surface area (Å²) >= 11 is 0. The maximum atomic E-state index is 11.9. The van der Waals surface area contributed by atoms with E-state index in [0.717, 1.165) is 0 Å². The van der Waals surface area contributed by atoms with E-state index in [0.29, 0.717) is 13.1 Å². The van der Waals surface area contributed by atoms with E-state index in [4.69, 9.17) is 9.84 Å². The van der Waals surface area contributed by atoms with E-state index in [1.165, 1.54) is 0 Å². The first kappa shape index (κ1) is 13.3. The van der Waals surface area contributed by atoms with Crippen LogP contribution in [0.4, 0.5) is 4.79 Å². The van der Waals surface area contributed by atoms with Crippen LogP contribution in [0.2, 0.25) is 0 Å². The Balaban J connectivity index is 2.55. The fourth-order valence-electron chi connectivity index (χ4n) is 1.71. The molecule has 1 aliphatic heterocycles. The van der Waals surface area contributed by atoms with E-state index in [9.17, 15) is 4.79 Å². The lowest BCUT2D eigenvalue weighted by Gasteiger charge is -2.37. The molecular formula is C11H22N2O3. The first-order valence-corrected chi connectivity index (χ1v) is 5.65. The van der Waals surface area contributed by atoms with Gasteiger partial charge in [-0.1, -0.05) is 0 Å². The van der Waals surface area contributed by atoms with Crippen molar-refractivity contribution in [1.29, 1.82) is 0 Å². The fraction of sp³-hybridized carbons (Fsp3) is 0.909. The minimum atomic E-state index is -0.269. The molecule has 5 nitrogen and oxygen atoms in total. The molecule has 16 heavy (non-hydrogen) atoms. The van der Waals surface area contributed by atoms with Gasteiger partial charge in [-0.2, -0.15) is 0 Å². The normalized spacial score (nSPS) is 26.7. The van der Waals surface area contributed by atoms with Gasteiger partial charge in [-0.3, -0.25) is 0 Å². The molecule has 0 aromatic heterocycles. The maximum absolute atomic E-state index is 11.9. The lowest BCUT2D eigenvalue weighted by atomic mass is 10.1. The molecule has 1 fully saturated rings. The van der Waals surface area contributed by atoms with Gasteiger partial charge < -0.3 is 20.1 Å². The molecule has 2 atom stereocenters. The van der Waals surface area contributed by atoms with Gasteiger partial charge in [0.25, 0.3) is 0 Å². The summed E-state index contributed by atoms with van der Waals surface area (Å²) < 4.78 is 5.47. The Bertz CT molecular complexity index is 250. The number of hydrogen-bond donors (Lipinski definition) is 2. The number of urea groups is 1. The van der Waals surface area contributed by atoms with Crippen molar-refractivity contribution in [2.24, 2.45) is 0 Å². The lowest BCUT2D eigenvalue weighted by molar-refractivity contribution is -0.0837. The Hall–Kier alpha value is -0.810. The van der Waals surface area contributed by atoms with Crippen molar-refractivity contribution in [2.45, 2.75) is 45.4 Å². The van der Waals surface area contributed by atoms with Crippen molar-refractivity contribution in [3.05, 3.63) is 0 Å². The van der Waals surface area contributed by atoms with Crippen LogP contribution in [0, 0.1) is 0 Å². The number of carbonyl (C=O) groups is 1. The molecule has 0 saturated carbocycles. The molecule has 2 N–H and O–H groups in total. The average Bonchev–Trinajstić information content (AvgIpc) is 2.14. The first-order valence-electron chi connectivity index (χ1n) is 5.65. The third-order valence-corrected chi connectivity index (χ3v) is 2.30. The second kappa shape index (κ2) is 5.01. The molecule has 1 rings (SSSR count). The summed E-state index contributed by atoms with van der Waals surface area (Å²) in [7, 11) is 0. The number of nitrogens with zero attached hydrogens (tertiary/aromatic N) is 1. The Labute approximate surface area is 96.8 Å². The second-order valence-corrected chi connectivity index (χ2v) is 5.34. The van der Waals surface area contributed by atoms with E-state index in [2.05, 4.69) is 5.32 Å². The topological polar surface area (TPSA) is 61.8 Å². The number of aliphatic hydroxyl groups is 1. The minimum absolute atomic E-state index is 0.0309. The third-order valence-electron chi connectivity index (χ3n) is 2.30. The molecule has 0 spiro atoms. The van der Waals surface area contributed by atoms with Crippen molar-refractivity contribution >= 4 is 6.03 Å². The number of amides is 2. The standard InChI is InChI=1S/C11H22N2O3/c1-8-5-13(6-9(7-14)16-8)10(15)12-11(2,3)4/h8-9,14H,5-7H2,1-4H3,(H,12,15). The quantitative estimate of drug-likeness (QED) is 0.692. The highest BCUT2D eigenvalue weighted by molar-refractivity contribution is 5.75. The monoisotopic (exact) mass is 230 g/mol. The van der Waals surface area contributed by atoms with Crippen LogP contribution in [0.1, 0.15) is 27.7 Å². The van der Waals surface area contributed by atoms with Gasteiger partial charge in [-0.25, -0.2) is 4.79 Å². The van der Waals surface area contributed by atoms with Gasteiger partial charge in [0.2, 0.25) is 0 Å². The summed E-state index contributed by atoms with van der Waals surface area (Å²) in [5.41, 5.74) is -0.243. The molecule has 0 aromatic rings. The number of hydrogen-bond acceptors (Lipinski definition) is 3. The van der Waals surface area contributed by atoms with E-state index < -0.39 is 0 Å². The highest BCUT2D eigenvalue weighted by Crippen LogP contribution is 2.12. The highest BCUT2D eigenvalue weighted by Gasteiger charge is 2.29. The number of aliphatic hydroxyl groups excluding tert-OH is 1. The molecular weight excluding hydrogens is 208 g/mol. The zero-order valence-corrected chi connectivity index (χ0v) is 10.5. The SMILES string of the molecule is CC1CN(C(=O)NC(C)(C)C)CC(CO)O1. The molecule has 0 aliphatic carbocycles. The summed E-state index contributed by atoms with van der Waals surface area (Å²) in [6.45, 7) is 8.69. The predicted molar refractivity (Wildman–Crippen MR) is 61.3 cm³/mol. The van der Waals surface area contributed by atoms with Gasteiger partial charge in [0, 0.05) is 12.1 Å². The van der Waals surface area contributed by atoms with Crippen LogP contribution in [-0.2, 0) is 4.74 Å². The van der Waals surface area contributed by atoms with Crippen molar-refractivity contribution in [1.82, 2.24) is 10.2 Å². The van der Waals surface area contributed by atoms with Gasteiger partial charge in [0.05, 0.1) is 25.4 Å². The Morgan fingerprint density at radius 1 is 1.50 bits per heavy atom. The Kier molecular flexibility index (Phi) is 4.15. The lowest BCUT2D eigenvalue weighted by Crippen LogP contribution is -2.56.